The van der Waals surface area contributed by atoms with Crippen LogP contribution in [0.15, 0.2) is 78.9 Å². The van der Waals surface area contributed by atoms with Crippen LogP contribution in [0, 0.1) is 12.3 Å². The van der Waals surface area contributed by atoms with E-state index < -0.39 is 18.1 Å². The first-order chi connectivity index (χ1) is 20.8. The Labute approximate surface area is 255 Å². The number of aliphatic hydroxyl groups excluding tert-OH is 1. The highest BCUT2D eigenvalue weighted by Gasteiger charge is 2.26. The zero-order chi connectivity index (χ0) is 31.2. The number of carbonyl (C=O) groups is 3. The van der Waals surface area contributed by atoms with Crippen molar-refractivity contribution in [3.05, 3.63) is 107 Å². The van der Waals surface area contributed by atoms with Crippen molar-refractivity contribution < 1.29 is 19.5 Å². The molecule has 0 saturated carbocycles. The van der Waals surface area contributed by atoms with E-state index in [1.54, 1.807) is 52.4 Å². The molecule has 3 amide bonds. The minimum absolute atomic E-state index is 0.0734. The summed E-state index contributed by atoms with van der Waals surface area (Å²) in [4.78, 5) is 41.5. The summed E-state index contributed by atoms with van der Waals surface area (Å²) in [6, 6.07) is 22.4. The lowest BCUT2D eigenvalue weighted by Crippen LogP contribution is -2.53. The Balaban J connectivity index is 1.84. The molecule has 0 radical (unpaired) electrons. The van der Waals surface area contributed by atoms with Gasteiger partial charge in [-0.05, 0) is 55.2 Å². The number of likely N-dealkylation sites (N-methyl/N-ethyl adjacent to an activating group) is 1. The fraction of sp³-hybridized carbons (Fsp3) is 0.343. The maximum atomic E-state index is 13.6. The normalized spacial score (nSPS) is 12.2. The molecule has 226 valence electrons. The zero-order valence-corrected chi connectivity index (χ0v) is 25.3. The average molecular weight is 583 g/mol. The Morgan fingerprint density at radius 1 is 0.837 bits per heavy atom. The van der Waals surface area contributed by atoms with Gasteiger partial charge in [0.1, 0.15) is 0 Å². The Morgan fingerprint density at radius 3 is 2.02 bits per heavy atom. The maximum absolute atomic E-state index is 13.6. The highest BCUT2D eigenvalue weighted by atomic mass is 16.3. The van der Waals surface area contributed by atoms with Crippen molar-refractivity contribution in [3.8, 4) is 12.3 Å². The van der Waals surface area contributed by atoms with Crippen molar-refractivity contribution in [2.24, 2.45) is 0 Å². The fourth-order valence-corrected chi connectivity index (χ4v) is 4.81. The molecule has 8 nitrogen and oxygen atoms in total. The topological polar surface area (TPSA) is 102 Å². The lowest BCUT2D eigenvalue weighted by Gasteiger charge is -2.30. The third-order valence-electron chi connectivity index (χ3n) is 7.05. The van der Waals surface area contributed by atoms with Crippen LogP contribution < -0.4 is 10.7 Å². The van der Waals surface area contributed by atoms with Gasteiger partial charge in [-0.2, -0.15) is 0 Å². The molecule has 0 bridgehead atoms. The highest BCUT2D eigenvalue weighted by molar-refractivity contribution is 6.00. The van der Waals surface area contributed by atoms with Gasteiger partial charge < -0.3 is 15.3 Å². The maximum Gasteiger partial charge on any atom is 0.265 e. The number of benzene rings is 3. The highest BCUT2D eigenvalue weighted by Crippen LogP contribution is 2.15. The fourth-order valence-electron chi connectivity index (χ4n) is 4.81. The molecule has 0 heterocycles. The van der Waals surface area contributed by atoms with Gasteiger partial charge in [0.2, 0.25) is 0 Å². The summed E-state index contributed by atoms with van der Waals surface area (Å²) in [5.41, 5.74) is 5.27. The van der Waals surface area contributed by atoms with Crippen LogP contribution in [-0.2, 0) is 6.42 Å². The van der Waals surface area contributed by atoms with Gasteiger partial charge in [-0.3, -0.25) is 19.8 Å². The summed E-state index contributed by atoms with van der Waals surface area (Å²) >= 11 is 0. The van der Waals surface area contributed by atoms with E-state index in [4.69, 9.17) is 6.42 Å². The van der Waals surface area contributed by atoms with Crippen LogP contribution in [0.5, 0.6) is 0 Å². The molecule has 2 atom stereocenters. The third-order valence-corrected chi connectivity index (χ3v) is 7.05. The number of terminal acetylenes is 1. The minimum atomic E-state index is -1.04. The number of hydrogen-bond acceptors (Lipinski definition) is 5. The van der Waals surface area contributed by atoms with E-state index in [2.05, 4.69) is 16.7 Å². The first kappa shape index (κ1) is 33.1. The summed E-state index contributed by atoms with van der Waals surface area (Å²) in [5.74, 6) is 1.63. The summed E-state index contributed by atoms with van der Waals surface area (Å²) in [6.45, 7) is 7.61. The van der Waals surface area contributed by atoms with E-state index >= 15 is 0 Å². The molecule has 0 spiro atoms. The molecule has 3 N–H and O–H groups in total. The molecule has 43 heavy (non-hydrogen) atoms. The Kier molecular flexibility index (Phi) is 13.0. The summed E-state index contributed by atoms with van der Waals surface area (Å²) < 4.78 is 0. The van der Waals surface area contributed by atoms with Crippen LogP contribution in [0.1, 0.15) is 75.8 Å². The molecular weight excluding hydrogens is 540 g/mol. The summed E-state index contributed by atoms with van der Waals surface area (Å²) in [5, 5.41) is 16.0. The standard InChI is InChI=1S/C35H42N4O4/c1-5-19-38(20-6-2)35(43)30-22-26(7-3)21-29(24-30)33(41)36-31(23-27-15-11-9-12-16-27)32(40)25-39(8-4)37-34(42)28-17-13-10-14-18-28/h3,9-18,21-22,24,31-32,40H,5-6,8,19-20,23,25H2,1-2,4H3,(H,36,41)(H,37,42). The van der Waals surface area contributed by atoms with E-state index in [-0.39, 0.29) is 23.9 Å². The van der Waals surface area contributed by atoms with E-state index in [1.165, 1.54) is 0 Å². The molecule has 0 aromatic heterocycles. The number of rotatable bonds is 15. The van der Waals surface area contributed by atoms with Crippen molar-refractivity contribution >= 4 is 17.7 Å². The average Bonchev–Trinajstić information content (AvgIpc) is 3.04. The Bertz CT molecular complexity index is 1380. The van der Waals surface area contributed by atoms with E-state index in [0.717, 1.165) is 18.4 Å². The molecule has 2 unspecified atom stereocenters. The monoisotopic (exact) mass is 582 g/mol. The van der Waals surface area contributed by atoms with Gasteiger partial charge >= 0.3 is 0 Å². The number of hydrogen-bond donors (Lipinski definition) is 3. The van der Waals surface area contributed by atoms with Gasteiger partial charge in [0, 0.05) is 48.4 Å². The number of nitrogens with zero attached hydrogens (tertiary/aromatic N) is 2. The number of nitrogens with one attached hydrogen (secondary N) is 2. The number of carbonyl (C=O) groups excluding carboxylic acids is 3. The van der Waals surface area contributed by atoms with Crippen molar-refractivity contribution in [1.82, 2.24) is 20.7 Å². The second kappa shape index (κ2) is 16.9. The van der Waals surface area contributed by atoms with Crippen LogP contribution in [-0.4, -0.2) is 71.1 Å². The number of hydrazine groups is 1. The van der Waals surface area contributed by atoms with Crippen molar-refractivity contribution in [3.63, 3.8) is 0 Å². The first-order valence-electron chi connectivity index (χ1n) is 14.8. The second-order valence-corrected chi connectivity index (χ2v) is 10.4. The number of aliphatic hydroxyl groups is 1. The summed E-state index contributed by atoms with van der Waals surface area (Å²) in [7, 11) is 0. The van der Waals surface area contributed by atoms with E-state index in [1.807, 2.05) is 57.2 Å². The van der Waals surface area contributed by atoms with Crippen molar-refractivity contribution in [1.29, 1.82) is 0 Å². The summed E-state index contributed by atoms with van der Waals surface area (Å²) in [6.07, 6.45) is 6.63. The molecule has 0 aliphatic rings. The van der Waals surface area contributed by atoms with Crippen LogP contribution >= 0.6 is 0 Å². The molecule has 8 heteroatoms. The Hall–Kier alpha value is -4.45. The quantitative estimate of drug-likeness (QED) is 0.183. The second-order valence-electron chi connectivity index (χ2n) is 10.4. The molecule has 0 saturated heterocycles. The molecule has 0 aliphatic heterocycles. The lowest BCUT2D eigenvalue weighted by atomic mass is 9.99. The van der Waals surface area contributed by atoms with Crippen molar-refractivity contribution in [2.45, 2.75) is 52.2 Å². The first-order valence-corrected chi connectivity index (χ1v) is 14.8. The van der Waals surface area contributed by atoms with Gasteiger partial charge in [-0.15, -0.1) is 6.42 Å². The third kappa shape index (κ3) is 9.81. The van der Waals surface area contributed by atoms with Gasteiger partial charge in [0.25, 0.3) is 17.7 Å². The zero-order valence-electron chi connectivity index (χ0n) is 25.3. The van der Waals surface area contributed by atoms with Crippen LogP contribution in [0.2, 0.25) is 0 Å². The van der Waals surface area contributed by atoms with E-state index in [9.17, 15) is 19.5 Å². The van der Waals surface area contributed by atoms with Crippen LogP contribution in [0.4, 0.5) is 0 Å². The minimum Gasteiger partial charge on any atom is -0.390 e. The molecule has 3 rings (SSSR count). The molecule has 3 aromatic carbocycles. The van der Waals surface area contributed by atoms with Gasteiger partial charge in [-0.25, -0.2) is 5.01 Å². The molecule has 0 aliphatic carbocycles. The Morgan fingerprint density at radius 2 is 1.44 bits per heavy atom. The predicted molar refractivity (Wildman–Crippen MR) is 169 cm³/mol. The lowest BCUT2D eigenvalue weighted by molar-refractivity contribution is 0.0471. The SMILES string of the molecule is C#Cc1cc(C(=O)NC(Cc2ccccc2)C(O)CN(CC)NC(=O)c2ccccc2)cc(C(=O)N(CCC)CCC)c1. The smallest absolute Gasteiger partial charge is 0.265 e. The largest absolute Gasteiger partial charge is 0.390 e. The molecular formula is C35H42N4O4. The molecule has 3 aromatic rings. The van der Waals surface area contributed by atoms with Gasteiger partial charge in [0.15, 0.2) is 0 Å². The van der Waals surface area contributed by atoms with Gasteiger partial charge in [-0.1, -0.05) is 75.2 Å². The van der Waals surface area contributed by atoms with Gasteiger partial charge in [0.05, 0.1) is 12.1 Å². The van der Waals surface area contributed by atoms with E-state index in [0.29, 0.717) is 42.7 Å². The van der Waals surface area contributed by atoms with Crippen molar-refractivity contribution in [2.75, 3.05) is 26.2 Å². The number of amides is 3. The molecule has 0 fully saturated rings. The van der Waals surface area contributed by atoms with Crippen LogP contribution in [0.3, 0.4) is 0 Å². The van der Waals surface area contributed by atoms with Crippen LogP contribution in [0.25, 0.3) is 0 Å². The predicted octanol–water partition coefficient (Wildman–Crippen LogP) is 4.30.